The van der Waals surface area contributed by atoms with E-state index in [2.05, 4.69) is 0 Å². The minimum absolute atomic E-state index is 0.213. The fourth-order valence-electron chi connectivity index (χ4n) is 1.79. The fraction of sp³-hybridized carbons (Fsp3) is 0.364. The highest BCUT2D eigenvalue weighted by Gasteiger charge is 2.22. The first kappa shape index (κ1) is 9.83. The summed E-state index contributed by atoms with van der Waals surface area (Å²) in [4.78, 5) is 11.0. The van der Waals surface area contributed by atoms with Crippen molar-refractivity contribution in [1.29, 1.82) is 0 Å². The van der Waals surface area contributed by atoms with E-state index in [1.807, 2.05) is 0 Å². The van der Waals surface area contributed by atoms with Gasteiger partial charge in [-0.15, -0.1) is 0 Å². The van der Waals surface area contributed by atoms with Crippen LogP contribution in [0.5, 0.6) is 11.5 Å². The lowest BCUT2D eigenvalue weighted by molar-refractivity contribution is 0.0691. The summed E-state index contributed by atoms with van der Waals surface area (Å²) in [5.74, 6) is 0.207. The number of carboxylic acids is 1. The van der Waals surface area contributed by atoms with Gasteiger partial charge in [-0.2, -0.15) is 0 Å². The molecule has 1 aromatic rings. The topological polar surface area (TPSA) is 55.8 Å². The molecule has 0 unspecified atom stereocenters. The normalized spacial score (nSPS) is 13.9. The van der Waals surface area contributed by atoms with Gasteiger partial charge in [0.05, 0.1) is 13.7 Å². The molecular formula is C11H12O4. The lowest BCUT2D eigenvalue weighted by Crippen LogP contribution is -2.13. The Balaban J connectivity index is 2.57. The number of fused-ring (bicyclic) bond motifs is 1. The van der Waals surface area contributed by atoms with E-state index in [4.69, 9.17) is 14.6 Å². The molecule has 0 aromatic heterocycles. The summed E-state index contributed by atoms with van der Waals surface area (Å²) >= 11 is 0. The second kappa shape index (κ2) is 3.81. The van der Waals surface area contributed by atoms with Gasteiger partial charge in [-0.25, -0.2) is 4.79 Å². The van der Waals surface area contributed by atoms with Crippen molar-refractivity contribution in [1.82, 2.24) is 0 Å². The predicted molar refractivity (Wildman–Crippen MR) is 53.8 cm³/mol. The van der Waals surface area contributed by atoms with Crippen LogP contribution in [0.2, 0.25) is 0 Å². The number of ether oxygens (including phenoxy) is 2. The van der Waals surface area contributed by atoms with Crippen molar-refractivity contribution in [2.75, 3.05) is 13.7 Å². The van der Waals surface area contributed by atoms with Gasteiger partial charge >= 0.3 is 5.97 Å². The molecular weight excluding hydrogens is 196 g/mol. The lowest BCUT2D eigenvalue weighted by Gasteiger charge is -2.21. The van der Waals surface area contributed by atoms with E-state index in [0.717, 1.165) is 18.4 Å². The molecule has 15 heavy (non-hydrogen) atoms. The number of carboxylic acid groups (broad SMARTS) is 1. The quantitative estimate of drug-likeness (QED) is 0.803. The van der Waals surface area contributed by atoms with Crippen molar-refractivity contribution >= 4 is 5.97 Å². The van der Waals surface area contributed by atoms with Crippen molar-refractivity contribution in [2.45, 2.75) is 12.8 Å². The Hall–Kier alpha value is -1.71. The third-order valence-corrected chi connectivity index (χ3v) is 2.49. The van der Waals surface area contributed by atoms with Crippen LogP contribution in [0.15, 0.2) is 12.1 Å². The minimum Gasteiger partial charge on any atom is -0.496 e. The first-order valence-corrected chi connectivity index (χ1v) is 4.80. The Morgan fingerprint density at radius 2 is 2.33 bits per heavy atom. The van der Waals surface area contributed by atoms with Crippen molar-refractivity contribution in [3.05, 3.63) is 23.3 Å². The highest BCUT2D eigenvalue weighted by atomic mass is 16.5. The molecule has 0 aliphatic carbocycles. The number of methoxy groups -OCH3 is 1. The highest BCUT2D eigenvalue weighted by molar-refractivity contribution is 5.92. The number of carbonyl (C=O) groups is 1. The fourth-order valence-corrected chi connectivity index (χ4v) is 1.79. The number of hydrogen-bond acceptors (Lipinski definition) is 3. The molecule has 4 heteroatoms. The van der Waals surface area contributed by atoms with E-state index in [-0.39, 0.29) is 5.56 Å². The third kappa shape index (κ3) is 1.63. The summed E-state index contributed by atoms with van der Waals surface area (Å²) in [6.45, 7) is 0.570. The molecule has 2 rings (SSSR count). The van der Waals surface area contributed by atoms with Crippen LogP contribution in [0.1, 0.15) is 22.3 Å². The number of hydrogen-bond donors (Lipinski definition) is 1. The minimum atomic E-state index is -0.962. The van der Waals surface area contributed by atoms with E-state index < -0.39 is 5.97 Å². The SMILES string of the molecule is COc1ccc(C(=O)O)c2c1CCCO2. The van der Waals surface area contributed by atoms with Gasteiger partial charge in [0.1, 0.15) is 17.1 Å². The lowest BCUT2D eigenvalue weighted by atomic mass is 10.0. The molecule has 0 fully saturated rings. The average Bonchev–Trinajstić information content (AvgIpc) is 2.27. The molecule has 0 saturated carbocycles. The maximum atomic E-state index is 11.0. The van der Waals surface area contributed by atoms with Crippen LogP contribution in [0, 0.1) is 0 Å². The summed E-state index contributed by atoms with van der Waals surface area (Å²) in [7, 11) is 1.57. The van der Waals surface area contributed by atoms with Gasteiger partial charge in [-0.3, -0.25) is 0 Å². The van der Waals surface area contributed by atoms with Crippen molar-refractivity contribution in [3.8, 4) is 11.5 Å². The Kier molecular flexibility index (Phi) is 2.49. The standard InChI is InChI=1S/C11H12O4/c1-14-9-5-4-8(11(12)13)10-7(9)3-2-6-15-10/h4-5H,2-3,6H2,1H3,(H,12,13). The van der Waals surface area contributed by atoms with Gasteiger partial charge in [0.25, 0.3) is 0 Å². The zero-order chi connectivity index (χ0) is 10.8. The third-order valence-electron chi connectivity index (χ3n) is 2.49. The van der Waals surface area contributed by atoms with Crippen LogP contribution in [0.3, 0.4) is 0 Å². The first-order valence-electron chi connectivity index (χ1n) is 4.80. The highest BCUT2D eigenvalue weighted by Crippen LogP contribution is 2.35. The van der Waals surface area contributed by atoms with Gasteiger partial charge in [0, 0.05) is 5.56 Å². The summed E-state index contributed by atoms with van der Waals surface area (Å²) in [5.41, 5.74) is 1.08. The van der Waals surface area contributed by atoms with Crippen LogP contribution in [-0.4, -0.2) is 24.8 Å². The molecule has 0 atom stereocenters. The average molecular weight is 208 g/mol. The molecule has 1 aliphatic heterocycles. The van der Waals surface area contributed by atoms with E-state index in [0.29, 0.717) is 18.1 Å². The molecule has 4 nitrogen and oxygen atoms in total. The molecule has 0 saturated heterocycles. The van der Waals surface area contributed by atoms with E-state index in [9.17, 15) is 4.79 Å². The number of benzene rings is 1. The molecule has 0 amide bonds. The van der Waals surface area contributed by atoms with Crippen molar-refractivity contribution < 1.29 is 19.4 Å². The maximum Gasteiger partial charge on any atom is 0.339 e. The zero-order valence-electron chi connectivity index (χ0n) is 8.45. The predicted octanol–water partition coefficient (Wildman–Crippen LogP) is 1.72. The number of aromatic carboxylic acids is 1. The van der Waals surface area contributed by atoms with Crippen molar-refractivity contribution in [2.24, 2.45) is 0 Å². The zero-order valence-corrected chi connectivity index (χ0v) is 8.45. The molecule has 1 aliphatic rings. The Morgan fingerprint density at radius 1 is 1.53 bits per heavy atom. The first-order chi connectivity index (χ1) is 7.24. The van der Waals surface area contributed by atoms with Crippen LogP contribution in [0.4, 0.5) is 0 Å². The van der Waals surface area contributed by atoms with Crippen molar-refractivity contribution in [3.63, 3.8) is 0 Å². The summed E-state index contributed by atoms with van der Waals surface area (Å²) in [6, 6.07) is 3.20. The molecule has 1 aromatic carbocycles. The molecule has 0 bridgehead atoms. The van der Waals surface area contributed by atoms with Gasteiger partial charge in [-0.1, -0.05) is 0 Å². The summed E-state index contributed by atoms with van der Waals surface area (Å²) < 4.78 is 10.6. The second-order valence-corrected chi connectivity index (χ2v) is 3.38. The van der Waals surface area contributed by atoms with Crippen LogP contribution < -0.4 is 9.47 Å². The largest absolute Gasteiger partial charge is 0.496 e. The summed E-state index contributed by atoms with van der Waals surface area (Å²) in [6.07, 6.45) is 1.70. The molecule has 80 valence electrons. The summed E-state index contributed by atoms with van der Waals surface area (Å²) in [5, 5.41) is 8.98. The second-order valence-electron chi connectivity index (χ2n) is 3.38. The molecule has 0 spiro atoms. The molecule has 1 N–H and O–H groups in total. The smallest absolute Gasteiger partial charge is 0.339 e. The van der Waals surface area contributed by atoms with E-state index >= 15 is 0 Å². The van der Waals surface area contributed by atoms with Gasteiger partial charge in [-0.05, 0) is 25.0 Å². The van der Waals surface area contributed by atoms with Gasteiger partial charge in [0.2, 0.25) is 0 Å². The monoisotopic (exact) mass is 208 g/mol. The van der Waals surface area contributed by atoms with Crippen LogP contribution in [0.25, 0.3) is 0 Å². The van der Waals surface area contributed by atoms with E-state index in [1.54, 1.807) is 13.2 Å². The van der Waals surface area contributed by atoms with E-state index in [1.165, 1.54) is 6.07 Å². The Labute approximate surface area is 87.4 Å². The molecule has 1 heterocycles. The van der Waals surface area contributed by atoms with Crippen LogP contribution >= 0.6 is 0 Å². The number of rotatable bonds is 2. The van der Waals surface area contributed by atoms with Gasteiger partial charge in [0.15, 0.2) is 0 Å². The molecule has 0 radical (unpaired) electrons. The van der Waals surface area contributed by atoms with Gasteiger partial charge < -0.3 is 14.6 Å². The van der Waals surface area contributed by atoms with Crippen LogP contribution in [-0.2, 0) is 6.42 Å². The maximum absolute atomic E-state index is 11.0. The Morgan fingerprint density at radius 3 is 3.00 bits per heavy atom. The Bertz CT molecular complexity index is 398.